The van der Waals surface area contributed by atoms with Gasteiger partial charge in [0.25, 0.3) is 5.91 Å². The van der Waals surface area contributed by atoms with Gasteiger partial charge in [0.1, 0.15) is 0 Å². The summed E-state index contributed by atoms with van der Waals surface area (Å²) in [5, 5.41) is 3.13. The smallest absolute Gasteiger partial charge is 0.253 e. The van der Waals surface area contributed by atoms with Crippen LogP contribution in [0.5, 0.6) is 0 Å². The largest absolute Gasteiger partial charge is 0.388 e. The summed E-state index contributed by atoms with van der Waals surface area (Å²) in [6.07, 6.45) is 0. The van der Waals surface area contributed by atoms with Gasteiger partial charge in [-0.2, -0.15) is 0 Å². The molecule has 4 heteroatoms. The van der Waals surface area contributed by atoms with E-state index in [1.54, 1.807) is 0 Å². The first-order chi connectivity index (χ1) is 9.35. The van der Waals surface area contributed by atoms with Crippen molar-refractivity contribution in [2.24, 2.45) is 0 Å². The average molecular weight is 275 g/mol. The van der Waals surface area contributed by atoms with Crippen molar-refractivity contribution >= 4 is 11.6 Å². The molecular formula is C16H25N3O. The second kappa shape index (κ2) is 5.44. The predicted octanol–water partition coefficient (Wildman–Crippen LogP) is 2.20. The highest BCUT2D eigenvalue weighted by atomic mass is 16.2. The molecule has 4 nitrogen and oxygen atoms in total. The maximum Gasteiger partial charge on any atom is 0.253 e. The van der Waals surface area contributed by atoms with E-state index >= 15 is 0 Å². The van der Waals surface area contributed by atoms with E-state index in [0.29, 0.717) is 0 Å². The zero-order valence-corrected chi connectivity index (χ0v) is 13.2. The molecule has 110 valence electrons. The summed E-state index contributed by atoms with van der Waals surface area (Å²) in [4.78, 5) is 16.9. The molecule has 1 saturated heterocycles. The third kappa shape index (κ3) is 2.80. The monoisotopic (exact) mass is 275 g/mol. The summed E-state index contributed by atoms with van der Waals surface area (Å²) in [6, 6.07) is 5.86. The fraction of sp³-hybridized carbons (Fsp3) is 0.562. The van der Waals surface area contributed by atoms with Crippen molar-refractivity contribution in [1.29, 1.82) is 0 Å². The molecule has 0 spiro atoms. The molecule has 0 saturated carbocycles. The molecule has 2 rings (SSSR count). The predicted molar refractivity (Wildman–Crippen MR) is 83.3 cm³/mol. The lowest BCUT2D eigenvalue weighted by atomic mass is 9.98. The Labute approximate surface area is 121 Å². The summed E-state index contributed by atoms with van der Waals surface area (Å²) in [5.41, 5.74) is 2.99. The number of piperazine rings is 1. The maximum absolute atomic E-state index is 12.6. The van der Waals surface area contributed by atoms with Crippen molar-refractivity contribution < 1.29 is 4.79 Å². The minimum absolute atomic E-state index is 0.0356. The summed E-state index contributed by atoms with van der Waals surface area (Å²) >= 11 is 0. The molecule has 1 heterocycles. The standard InChI is InChI=1S/C16H25N3O/c1-12-10-13(6-7-14(12)17-4)15(20)19-9-8-18(5)16(2,3)11-19/h6-7,10,17H,8-9,11H2,1-5H3. The molecule has 0 aromatic heterocycles. The van der Waals surface area contributed by atoms with Crippen LogP contribution in [-0.2, 0) is 0 Å². The number of anilines is 1. The Kier molecular flexibility index (Phi) is 4.04. The third-order valence-electron chi connectivity index (χ3n) is 4.35. The van der Waals surface area contributed by atoms with E-state index in [2.05, 4.69) is 31.1 Å². The normalized spacial score (nSPS) is 18.9. The summed E-state index contributed by atoms with van der Waals surface area (Å²) in [5.74, 6) is 0.136. The topological polar surface area (TPSA) is 35.6 Å². The van der Waals surface area contributed by atoms with Gasteiger partial charge in [-0.1, -0.05) is 0 Å². The van der Waals surface area contributed by atoms with E-state index in [-0.39, 0.29) is 11.4 Å². The van der Waals surface area contributed by atoms with Crippen molar-refractivity contribution in [3.8, 4) is 0 Å². The molecule has 20 heavy (non-hydrogen) atoms. The molecule has 0 unspecified atom stereocenters. The van der Waals surface area contributed by atoms with E-state index in [4.69, 9.17) is 0 Å². The molecule has 0 bridgehead atoms. The fourth-order valence-corrected chi connectivity index (χ4v) is 2.67. The quantitative estimate of drug-likeness (QED) is 0.899. The van der Waals surface area contributed by atoms with Crippen LogP contribution in [0.25, 0.3) is 0 Å². The van der Waals surface area contributed by atoms with E-state index in [0.717, 1.165) is 36.4 Å². The SMILES string of the molecule is CNc1ccc(C(=O)N2CCN(C)C(C)(C)C2)cc1C. The van der Waals surface area contributed by atoms with Gasteiger partial charge < -0.3 is 10.2 Å². The van der Waals surface area contributed by atoms with E-state index < -0.39 is 0 Å². The van der Waals surface area contributed by atoms with Gasteiger partial charge in [0.15, 0.2) is 0 Å². The Hall–Kier alpha value is -1.55. The van der Waals surface area contributed by atoms with Crippen LogP contribution in [0, 0.1) is 6.92 Å². The van der Waals surface area contributed by atoms with E-state index in [1.165, 1.54) is 0 Å². The molecule has 1 N–H and O–H groups in total. The molecule has 1 aromatic carbocycles. The van der Waals surface area contributed by atoms with Gasteiger partial charge in [-0.15, -0.1) is 0 Å². The number of carbonyl (C=O) groups excluding carboxylic acids is 1. The Bertz CT molecular complexity index is 510. The van der Waals surface area contributed by atoms with Crippen molar-refractivity contribution in [2.45, 2.75) is 26.3 Å². The van der Waals surface area contributed by atoms with E-state index in [9.17, 15) is 4.79 Å². The molecule has 0 aliphatic carbocycles. The van der Waals surface area contributed by atoms with Gasteiger partial charge in [-0.25, -0.2) is 0 Å². The molecule has 1 aliphatic rings. The van der Waals surface area contributed by atoms with Crippen molar-refractivity contribution in [2.75, 3.05) is 39.0 Å². The van der Waals surface area contributed by atoms with Crippen LogP contribution >= 0.6 is 0 Å². The first-order valence-corrected chi connectivity index (χ1v) is 7.14. The average Bonchev–Trinajstić information content (AvgIpc) is 2.41. The molecular weight excluding hydrogens is 250 g/mol. The number of amides is 1. The van der Waals surface area contributed by atoms with Crippen LogP contribution in [0.1, 0.15) is 29.8 Å². The number of nitrogens with zero attached hydrogens (tertiary/aromatic N) is 2. The van der Waals surface area contributed by atoms with Gasteiger partial charge in [0.2, 0.25) is 0 Å². The number of rotatable bonds is 2. The molecule has 0 radical (unpaired) electrons. The Morgan fingerprint density at radius 3 is 2.55 bits per heavy atom. The number of hydrogen-bond acceptors (Lipinski definition) is 3. The van der Waals surface area contributed by atoms with Gasteiger partial charge >= 0.3 is 0 Å². The summed E-state index contributed by atoms with van der Waals surface area (Å²) in [7, 11) is 4.01. The summed E-state index contributed by atoms with van der Waals surface area (Å²) in [6.45, 7) is 8.88. The molecule has 1 aromatic rings. The van der Waals surface area contributed by atoms with Gasteiger partial charge in [-0.3, -0.25) is 9.69 Å². The Morgan fingerprint density at radius 2 is 2.00 bits per heavy atom. The molecule has 0 atom stereocenters. The minimum atomic E-state index is 0.0356. The Balaban J connectivity index is 2.18. The van der Waals surface area contributed by atoms with Crippen LogP contribution in [-0.4, -0.2) is 55.0 Å². The van der Waals surface area contributed by atoms with Crippen LogP contribution < -0.4 is 5.32 Å². The number of aryl methyl sites for hydroxylation is 1. The molecule has 1 amide bonds. The zero-order valence-electron chi connectivity index (χ0n) is 13.2. The first kappa shape index (κ1) is 14.9. The van der Waals surface area contributed by atoms with Gasteiger partial charge in [-0.05, 0) is 51.6 Å². The maximum atomic E-state index is 12.6. The van der Waals surface area contributed by atoms with Crippen LogP contribution in [0.15, 0.2) is 18.2 Å². The van der Waals surface area contributed by atoms with Crippen molar-refractivity contribution in [1.82, 2.24) is 9.80 Å². The number of hydrogen-bond donors (Lipinski definition) is 1. The van der Waals surface area contributed by atoms with Gasteiger partial charge in [0, 0.05) is 43.5 Å². The zero-order chi connectivity index (χ0) is 14.9. The second-order valence-corrected chi connectivity index (χ2v) is 6.24. The minimum Gasteiger partial charge on any atom is -0.388 e. The van der Waals surface area contributed by atoms with Crippen LogP contribution in [0.3, 0.4) is 0 Å². The van der Waals surface area contributed by atoms with Crippen molar-refractivity contribution in [3.05, 3.63) is 29.3 Å². The fourth-order valence-electron chi connectivity index (χ4n) is 2.67. The van der Waals surface area contributed by atoms with Crippen LogP contribution in [0.2, 0.25) is 0 Å². The molecule has 1 aliphatic heterocycles. The molecule has 1 fully saturated rings. The number of benzene rings is 1. The van der Waals surface area contributed by atoms with E-state index in [1.807, 2.05) is 37.1 Å². The Morgan fingerprint density at radius 1 is 1.30 bits per heavy atom. The van der Waals surface area contributed by atoms with Crippen molar-refractivity contribution in [3.63, 3.8) is 0 Å². The highest BCUT2D eigenvalue weighted by Gasteiger charge is 2.33. The first-order valence-electron chi connectivity index (χ1n) is 7.14. The lowest BCUT2D eigenvalue weighted by Crippen LogP contribution is -2.58. The lowest BCUT2D eigenvalue weighted by Gasteiger charge is -2.45. The highest BCUT2D eigenvalue weighted by Crippen LogP contribution is 2.22. The lowest BCUT2D eigenvalue weighted by molar-refractivity contribution is 0.0311. The summed E-state index contributed by atoms with van der Waals surface area (Å²) < 4.78 is 0. The van der Waals surface area contributed by atoms with Crippen LogP contribution in [0.4, 0.5) is 5.69 Å². The third-order valence-corrected chi connectivity index (χ3v) is 4.35. The highest BCUT2D eigenvalue weighted by molar-refractivity contribution is 5.95. The number of nitrogens with one attached hydrogen (secondary N) is 1. The second-order valence-electron chi connectivity index (χ2n) is 6.24. The van der Waals surface area contributed by atoms with Gasteiger partial charge in [0.05, 0.1) is 0 Å². The number of likely N-dealkylation sites (N-methyl/N-ethyl adjacent to an activating group) is 1. The number of carbonyl (C=O) groups is 1.